The third kappa shape index (κ3) is 3.61. The van der Waals surface area contributed by atoms with Gasteiger partial charge in [0.1, 0.15) is 22.2 Å². The summed E-state index contributed by atoms with van der Waals surface area (Å²) in [5, 5.41) is 1.75. The number of fused-ring (bicyclic) bond motifs is 1. The molecule has 0 spiro atoms. The van der Waals surface area contributed by atoms with E-state index in [-0.39, 0.29) is 11.7 Å². The molecule has 0 aliphatic carbocycles. The van der Waals surface area contributed by atoms with E-state index in [1.807, 2.05) is 60.7 Å². The molecule has 140 valence electrons. The van der Waals surface area contributed by atoms with Gasteiger partial charge in [0.15, 0.2) is 0 Å². The van der Waals surface area contributed by atoms with Gasteiger partial charge in [0, 0.05) is 40.6 Å². The molecule has 28 heavy (non-hydrogen) atoms. The molecule has 4 rings (SSSR count). The standard InChI is InChI=1S/C22H17NO3S2/c24-28(25)14-15-7-9-16(10-8-15)22-21(17-4-3-11-23-12-17)19(13-27)18-5-1-2-6-20(18)26-22/h1-13,19,28H,14H2. The number of rotatable bonds is 5. The van der Waals surface area contributed by atoms with Crippen LogP contribution >= 0.6 is 12.2 Å². The lowest BCUT2D eigenvalue weighted by Gasteiger charge is -2.29. The third-order valence-electron chi connectivity index (χ3n) is 4.66. The van der Waals surface area contributed by atoms with E-state index in [2.05, 4.69) is 4.98 Å². The van der Waals surface area contributed by atoms with Gasteiger partial charge in [-0.05, 0) is 23.1 Å². The van der Waals surface area contributed by atoms with Crippen LogP contribution in [0.15, 0.2) is 73.1 Å². The van der Waals surface area contributed by atoms with Crippen molar-refractivity contribution in [1.29, 1.82) is 0 Å². The van der Waals surface area contributed by atoms with Crippen LogP contribution in [0, 0.1) is 0 Å². The summed E-state index contributed by atoms with van der Waals surface area (Å²) in [5.41, 5.74) is 4.50. The number of hydrogen-bond acceptors (Lipinski definition) is 5. The highest BCUT2D eigenvalue weighted by atomic mass is 32.2. The Morgan fingerprint density at radius 2 is 1.79 bits per heavy atom. The zero-order valence-electron chi connectivity index (χ0n) is 14.8. The minimum absolute atomic E-state index is 0.0242. The van der Waals surface area contributed by atoms with Crippen molar-refractivity contribution in [2.45, 2.75) is 11.7 Å². The summed E-state index contributed by atoms with van der Waals surface area (Å²) in [6, 6.07) is 19.1. The number of thiol groups is 1. The fraction of sp³-hybridized carbons (Fsp3) is 0.0909. The molecule has 0 amide bonds. The minimum atomic E-state index is -2.46. The van der Waals surface area contributed by atoms with Crippen molar-refractivity contribution >= 4 is 39.6 Å². The Labute approximate surface area is 170 Å². The third-order valence-corrected chi connectivity index (χ3v) is 5.55. The number of hydrogen-bond donors (Lipinski definition) is 1. The molecule has 1 unspecified atom stereocenters. The van der Waals surface area contributed by atoms with E-state index in [0.717, 1.165) is 33.6 Å². The van der Waals surface area contributed by atoms with Crippen molar-refractivity contribution in [1.82, 2.24) is 4.98 Å². The van der Waals surface area contributed by atoms with E-state index < -0.39 is 10.7 Å². The first-order chi connectivity index (χ1) is 13.7. The highest BCUT2D eigenvalue weighted by molar-refractivity contribution is 7.79. The van der Waals surface area contributed by atoms with E-state index in [9.17, 15) is 8.42 Å². The predicted octanol–water partition coefficient (Wildman–Crippen LogP) is 4.24. The molecular formula is C22H17NO3S2. The SMILES string of the molecule is O=[SH](=O)Cc1ccc(C2=C(c3cccnc3)C(C=S)c3ccccc3O2)cc1. The Balaban J connectivity index is 1.89. The van der Waals surface area contributed by atoms with Crippen molar-refractivity contribution in [3.63, 3.8) is 0 Å². The van der Waals surface area contributed by atoms with Crippen molar-refractivity contribution in [3.05, 3.63) is 95.3 Å². The number of thiocarbonyl (C=S) groups is 1. The van der Waals surface area contributed by atoms with Crippen molar-refractivity contribution in [2.75, 3.05) is 0 Å². The van der Waals surface area contributed by atoms with Gasteiger partial charge in [-0.15, -0.1) is 0 Å². The summed E-state index contributed by atoms with van der Waals surface area (Å²) in [5.74, 6) is 1.38. The molecule has 0 saturated heterocycles. The number of nitrogens with zero attached hydrogens (tertiary/aromatic N) is 1. The van der Waals surface area contributed by atoms with Gasteiger partial charge in [-0.1, -0.05) is 60.7 Å². The lowest BCUT2D eigenvalue weighted by Crippen LogP contribution is -2.15. The van der Waals surface area contributed by atoms with Gasteiger partial charge >= 0.3 is 0 Å². The molecule has 0 bridgehead atoms. The van der Waals surface area contributed by atoms with Crippen LogP contribution in [0.1, 0.15) is 28.2 Å². The van der Waals surface area contributed by atoms with Crippen molar-refractivity contribution < 1.29 is 13.2 Å². The summed E-state index contributed by atoms with van der Waals surface area (Å²) in [6.07, 6.45) is 3.53. The Morgan fingerprint density at radius 1 is 1.00 bits per heavy atom. The molecule has 2 heterocycles. The zero-order valence-corrected chi connectivity index (χ0v) is 16.5. The second-order valence-corrected chi connectivity index (χ2v) is 7.68. The van der Waals surface area contributed by atoms with E-state index >= 15 is 0 Å². The number of para-hydroxylation sites is 1. The lowest BCUT2D eigenvalue weighted by atomic mass is 9.84. The molecule has 3 aromatic rings. The maximum atomic E-state index is 11.0. The molecule has 1 aliphatic heterocycles. The van der Waals surface area contributed by atoms with Crippen LogP contribution in [-0.4, -0.2) is 18.8 Å². The summed E-state index contributed by atoms with van der Waals surface area (Å²) >= 11 is 5.39. The second kappa shape index (κ2) is 8.04. The summed E-state index contributed by atoms with van der Waals surface area (Å²) in [6.45, 7) is 0. The van der Waals surface area contributed by atoms with Crippen molar-refractivity contribution in [2.24, 2.45) is 0 Å². The normalized spacial score (nSPS) is 15.8. The van der Waals surface area contributed by atoms with Crippen molar-refractivity contribution in [3.8, 4) is 5.75 Å². The van der Waals surface area contributed by atoms with E-state index in [4.69, 9.17) is 17.0 Å². The number of pyridine rings is 1. The quantitative estimate of drug-likeness (QED) is 0.507. The fourth-order valence-electron chi connectivity index (χ4n) is 3.39. The molecule has 2 aromatic carbocycles. The van der Waals surface area contributed by atoms with Gasteiger partial charge in [0.05, 0.1) is 5.75 Å². The predicted molar refractivity (Wildman–Crippen MR) is 115 cm³/mol. The van der Waals surface area contributed by atoms with Crippen LogP contribution in [0.5, 0.6) is 5.75 Å². The number of aromatic nitrogens is 1. The van der Waals surface area contributed by atoms with Crippen LogP contribution in [0.2, 0.25) is 0 Å². The van der Waals surface area contributed by atoms with Crippen LogP contribution in [0.25, 0.3) is 11.3 Å². The molecule has 0 saturated carbocycles. The van der Waals surface area contributed by atoms with Gasteiger partial charge in [-0.2, -0.15) is 0 Å². The first-order valence-electron chi connectivity index (χ1n) is 8.75. The Bertz CT molecular complexity index is 1110. The lowest BCUT2D eigenvalue weighted by molar-refractivity contribution is 0.500. The molecule has 1 atom stereocenters. The first-order valence-corrected chi connectivity index (χ1v) is 10.6. The first kappa shape index (κ1) is 18.5. The molecule has 0 fully saturated rings. The molecular weight excluding hydrogens is 390 g/mol. The largest absolute Gasteiger partial charge is 0.456 e. The summed E-state index contributed by atoms with van der Waals surface area (Å²) in [7, 11) is -2.46. The second-order valence-electron chi connectivity index (χ2n) is 6.43. The van der Waals surface area contributed by atoms with Crippen LogP contribution in [0.4, 0.5) is 0 Å². The smallest absolute Gasteiger partial charge is 0.144 e. The fourth-order valence-corrected chi connectivity index (χ4v) is 4.18. The highest BCUT2D eigenvalue weighted by Crippen LogP contribution is 2.45. The monoisotopic (exact) mass is 407 g/mol. The van der Waals surface area contributed by atoms with E-state index in [1.165, 1.54) is 0 Å². The Kier molecular flexibility index (Phi) is 5.32. The summed E-state index contributed by atoms with van der Waals surface area (Å²) < 4.78 is 28.3. The molecule has 0 N–H and O–H groups in total. The average molecular weight is 408 g/mol. The zero-order chi connectivity index (χ0) is 19.5. The topological polar surface area (TPSA) is 56.3 Å². The maximum Gasteiger partial charge on any atom is 0.144 e. The van der Waals surface area contributed by atoms with E-state index in [1.54, 1.807) is 17.8 Å². The number of benzene rings is 2. The minimum Gasteiger partial charge on any atom is -0.456 e. The Hall–Kier alpha value is -2.83. The van der Waals surface area contributed by atoms with Gasteiger partial charge in [-0.3, -0.25) is 4.98 Å². The molecule has 4 nitrogen and oxygen atoms in total. The van der Waals surface area contributed by atoms with Gasteiger partial charge in [-0.25, -0.2) is 8.42 Å². The molecule has 1 aromatic heterocycles. The molecule has 1 aliphatic rings. The van der Waals surface area contributed by atoms with Crippen LogP contribution in [-0.2, 0) is 16.5 Å². The number of allylic oxidation sites excluding steroid dienone is 1. The molecule has 0 radical (unpaired) electrons. The average Bonchev–Trinajstić information content (AvgIpc) is 2.73. The highest BCUT2D eigenvalue weighted by Gasteiger charge is 2.30. The van der Waals surface area contributed by atoms with Crippen LogP contribution < -0.4 is 4.74 Å². The number of ether oxygens (including phenoxy) is 1. The van der Waals surface area contributed by atoms with Gasteiger partial charge in [0.25, 0.3) is 0 Å². The molecule has 6 heteroatoms. The summed E-state index contributed by atoms with van der Waals surface area (Å²) in [4.78, 5) is 4.25. The maximum absolute atomic E-state index is 11.0. The van der Waals surface area contributed by atoms with Gasteiger partial charge in [0.2, 0.25) is 0 Å². The van der Waals surface area contributed by atoms with E-state index in [0.29, 0.717) is 5.76 Å². The Morgan fingerprint density at radius 3 is 2.46 bits per heavy atom. The van der Waals surface area contributed by atoms with Gasteiger partial charge < -0.3 is 4.74 Å². The van der Waals surface area contributed by atoms with Crippen LogP contribution in [0.3, 0.4) is 0 Å².